The van der Waals surface area contributed by atoms with Gasteiger partial charge < -0.3 is 9.64 Å². The highest BCUT2D eigenvalue weighted by molar-refractivity contribution is 7.99. The summed E-state index contributed by atoms with van der Waals surface area (Å²) >= 11 is 1.94. The molecule has 22 heavy (non-hydrogen) atoms. The van der Waals surface area contributed by atoms with Crippen LogP contribution in [0.3, 0.4) is 0 Å². The fourth-order valence-corrected chi connectivity index (χ4v) is 4.59. The lowest BCUT2D eigenvalue weighted by atomic mass is 10.1. The molecule has 1 aliphatic carbocycles. The zero-order valence-electron chi connectivity index (χ0n) is 12.8. The van der Waals surface area contributed by atoms with E-state index in [1.54, 1.807) is 0 Å². The molecule has 3 fully saturated rings. The molecule has 0 spiro atoms. The Hall–Kier alpha value is -1.01. The largest absolute Gasteiger partial charge is 0.376 e. The van der Waals surface area contributed by atoms with E-state index in [4.69, 9.17) is 4.74 Å². The molecule has 1 aromatic rings. The van der Waals surface area contributed by atoms with E-state index in [2.05, 4.69) is 10.2 Å². The van der Waals surface area contributed by atoms with Crippen LogP contribution in [0.25, 0.3) is 0 Å². The summed E-state index contributed by atoms with van der Waals surface area (Å²) in [7, 11) is 0. The van der Waals surface area contributed by atoms with E-state index in [1.165, 1.54) is 12.8 Å². The minimum absolute atomic E-state index is 0.0751. The lowest BCUT2D eigenvalue weighted by Gasteiger charge is -2.30. The van der Waals surface area contributed by atoms with Gasteiger partial charge in [0, 0.05) is 36.6 Å². The fourth-order valence-electron chi connectivity index (χ4n) is 3.37. The number of thioether (sulfide) groups is 1. The third-order valence-electron chi connectivity index (χ3n) is 4.87. The lowest BCUT2D eigenvalue weighted by Crippen LogP contribution is -2.44. The van der Waals surface area contributed by atoms with Crippen LogP contribution in [0.2, 0.25) is 0 Å². The highest BCUT2D eigenvalue weighted by atomic mass is 32.2. The molecule has 1 saturated carbocycles. The first-order chi connectivity index (χ1) is 10.8. The molecule has 2 unspecified atom stereocenters. The number of hydrogen-bond donors (Lipinski definition) is 1. The molecule has 5 nitrogen and oxygen atoms in total. The zero-order chi connectivity index (χ0) is 14.9. The van der Waals surface area contributed by atoms with E-state index in [0.29, 0.717) is 17.7 Å². The van der Waals surface area contributed by atoms with E-state index in [-0.39, 0.29) is 12.0 Å². The van der Waals surface area contributed by atoms with E-state index in [0.717, 1.165) is 49.6 Å². The quantitative estimate of drug-likeness (QED) is 0.905. The van der Waals surface area contributed by atoms with Crippen LogP contribution in [0.5, 0.6) is 0 Å². The number of rotatable bonds is 5. The van der Waals surface area contributed by atoms with Crippen molar-refractivity contribution in [1.29, 1.82) is 0 Å². The molecule has 0 bridgehead atoms. The van der Waals surface area contributed by atoms with Crippen molar-refractivity contribution in [2.45, 2.75) is 50.2 Å². The minimum atomic E-state index is 0.0751. The highest BCUT2D eigenvalue weighted by Crippen LogP contribution is 2.39. The van der Waals surface area contributed by atoms with Crippen molar-refractivity contribution >= 4 is 17.7 Å². The first-order valence-corrected chi connectivity index (χ1v) is 9.52. The summed E-state index contributed by atoms with van der Waals surface area (Å²) in [5.41, 5.74) is 1.71. The second kappa shape index (κ2) is 6.24. The van der Waals surface area contributed by atoms with Crippen LogP contribution >= 0.6 is 11.8 Å². The van der Waals surface area contributed by atoms with Gasteiger partial charge in [-0.2, -0.15) is 16.9 Å². The monoisotopic (exact) mass is 321 g/mol. The number of carbonyl (C=O) groups is 1. The first-order valence-electron chi connectivity index (χ1n) is 8.37. The van der Waals surface area contributed by atoms with Crippen LogP contribution in [0.15, 0.2) is 6.07 Å². The number of H-pyrrole nitrogens is 1. The molecule has 3 heterocycles. The van der Waals surface area contributed by atoms with Crippen molar-refractivity contribution in [2.75, 3.05) is 24.7 Å². The number of carbonyl (C=O) groups excluding carboxylic acids is 1. The third kappa shape index (κ3) is 3.04. The first kappa shape index (κ1) is 14.6. The van der Waals surface area contributed by atoms with Gasteiger partial charge in [-0.05, 0) is 43.9 Å². The van der Waals surface area contributed by atoms with Crippen molar-refractivity contribution in [1.82, 2.24) is 15.1 Å². The van der Waals surface area contributed by atoms with Crippen molar-refractivity contribution in [3.8, 4) is 0 Å². The third-order valence-corrected chi connectivity index (χ3v) is 6.01. The van der Waals surface area contributed by atoms with Gasteiger partial charge >= 0.3 is 0 Å². The number of hydrogen-bond acceptors (Lipinski definition) is 4. The molecule has 1 amide bonds. The van der Waals surface area contributed by atoms with E-state index in [9.17, 15) is 4.79 Å². The average molecular weight is 321 g/mol. The lowest BCUT2D eigenvalue weighted by molar-refractivity contribution is 0.0437. The topological polar surface area (TPSA) is 58.2 Å². The molecule has 2 saturated heterocycles. The molecule has 1 aromatic heterocycles. The number of ether oxygens (including phenoxy) is 1. The summed E-state index contributed by atoms with van der Waals surface area (Å²) in [4.78, 5) is 15.0. The number of nitrogens with zero attached hydrogens (tertiary/aromatic N) is 2. The Bertz CT molecular complexity index is 531. The standard InChI is InChI=1S/C16H23N3O2S/c20-16(15-8-14(17-18-15)11-3-4-11)19(12-5-7-22-10-12)9-13-2-1-6-21-13/h8,11-13H,1-7,9-10H2,(H,17,18). The summed E-state index contributed by atoms with van der Waals surface area (Å²) in [6.45, 7) is 1.55. The SMILES string of the molecule is O=C(c1cc(C2CC2)[nH]n1)N(CC1CCCO1)C1CCSC1. The van der Waals surface area contributed by atoms with Gasteiger partial charge in [-0.3, -0.25) is 9.89 Å². The number of aromatic amines is 1. The molecule has 120 valence electrons. The fraction of sp³-hybridized carbons (Fsp3) is 0.750. The van der Waals surface area contributed by atoms with Crippen molar-refractivity contribution in [3.05, 3.63) is 17.5 Å². The van der Waals surface area contributed by atoms with Crippen LogP contribution in [0.1, 0.15) is 54.2 Å². The Balaban J connectivity index is 1.50. The van der Waals surface area contributed by atoms with Crippen LogP contribution in [0.4, 0.5) is 0 Å². The Morgan fingerprint density at radius 1 is 1.41 bits per heavy atom. The predicted octanol–water partition coefficient (Wildman–Crippen LogP) is 2.41. The molecule has 0 aromatic carbocycles. The zero-order valence-corrected chi connectivity index (χ0v) is 13.6. The molecule has 0 radical (unpaired) electrons. The van der Waals surface area contributed by atoms with Gasteiger partial charge in [-0.1, -0.05) is 0 Å². The summed E-state index contributed by atoms with van der Waals surface area (Å²) in [5, 5.41) is 7.33. The maximum absolute atomic E-state index is 13.0. The molecule has 2 atom stereocenters. The van der Waals surface area contributed by atoms with Gasteiger partial charge in [0.2, 0.25) is 0 Å². The second-order valence-corrected chi connectivity index (χ2v) is 7.74. The maximum Gasteiger partial charge on any atom is 0.274 e. The molecule has 6 heteroatoms. The molecule has 4 rings (SSSR count). The van der Waals surface area contributed by atoms with Crippen LogP contribution in [-0.2, 0) is 4.74 Å². The number of amides is 1. The van der Waals surface area contributed by atoms with Crippen molar-refractivity contribution < 1.29 is 9.53 Å². The van der Waals surface area contributed by atoms with E-state index < -0.39 is 0 Å². The van der Waals surface area contributed by atoms with Crippen LogP contribution < -0.4 is 0 Å². The smallest absolute Gasteiger partial charge is 0.274 e. The van der Waals surface area contributed by atoms with Gasteiger partial charge in [0.15, 0.2) is 0 Å². The van der Waals surface area contributed by atoms with Gasteiger partial charge in [-0.25, -0.2) is 0 Å². The Kier molecular flexibility index (Phi) is 4.13. The Labute approximate surface area is 135 Å². The molecule has 1 N–H and O–H groups in total. The van der Waals surface area contributed by atoms with Crippen LogP contribution in [-0.4, -0.2) is 57.8 Å². The van der Waals surface area contributed by atoms with E-state index in [1.807, 2.05) is 22.7 Å². The number of nitrogens with one attached hydrogen (secondary N) is 1. The minimum Gasteiger partial charge on any atom is -0.376 e. The van der Waals surface area contributed by atoms with Gasteiger partial charge in [0.25, 0.3) is 5.91 Å². The van der Waals surface area contributed by atoms with Gasteiger partial charge in [0.05, 0.1) is 6.10 Å². The summed E-state index contributed by atoms with van der Waals surface area (Å²) in [6, 6.07) is 2.30. The normalized spacial score (nSPS) is 28.2. The second-order valence-electron chi connectivity index (χ2n) is 6.59. The molecule has 3 aliphatic rings. The maximum atomic E-state index is 13.0. The molecular formula is C16H23N3O2S. The van der Waals surface area contributed by atoms with Crippen molar-refractivity contribution in [3.63, 3.8) is 0 Å². The summed E-state index contributed by atoms with van der Waals surface area (Å²) in [6.07, 6.45) is 5.90. The van der Waals surface area contributed by atoms with E-state index >= 15 is 0 Å². The van der Waals surface area contributed by atoms with Crippen molar-refractivity contribution in [2.24, 2.45) is 0 Å². The van der Waals surface area contributed by atoms with Gasteiger partial charge in [-0.15, -0.1) is 0 Å². The average Bonchev–Trinajstić information content (AvgIpc) is 3.02. The molecular weight excluding hydrogens is 298 g/mol. The highest BCUT2D eigenvalue weighted by Gasteiger charge is 2.33. The summed E-state index contributed by atoms with van der Waals surface area (Å²) in [5.74, 6) is 2.86. The number of aromatic nitrogens is 2. The Morgan fingerprint density at radius 3 is 3.00 bits per heavy atom. The van der Waals surface area contributed by atoms with Crippen LogP contribution in [0, 0.1) is 0 Å². The van der Waals surface area contributed by atoms with Gasteiger partial charge in [0.1, 0.15) is 5.69 Å². The predicted molar refractivity (Wildman–Crippen MR) is 86.3 cm³/mol. The summed E-state index contributed by atoms with van der Waals surface area (Å²) < 4.78 is 5.75. The Morgan fingerprint density at radius 2 is 2.32 bits per heavy atom. The molecule has 2 aliphatic heterocycles.